The molecule has 2 aromatic heterocycles. The van der Waals surface area contributed by atoms with Crippen LogP contribution in [0.15, 0.2) is 24.5 Å². The second kappa shape index (κ2) is 4.45. The van der Waals surface area contributed by atoms with Crippen molar-refractivity contribution in [1.29, 1.82) is 0 Å². The normalized spacial score (nSPS) is 15.3. The van der Waals surface area contributed by atoms with Gasteiger partial charge in [-0.3, -0.25) is 9.78 Å². The standard InChI is InChI=1S/C15H13N3O2/c1-8-12-11(6-10-4-3-5-16-7-10)15(20)18-14(12)17-9(2)13(8)19/h3-7,19H,1-2H3,(H,17,18,20). The summed E-state index contributed by atoms with van der Waals surface area (Å²) in [4.78, 5) is 20.3. The number of aryl methyl sites for hydroxylation is 1. The molecule has 5 nitrogen and oxygen atoms in total. The highest BCUT2D eigenvalue weighted by Gasteiger charge is 2.29. The monoisotopic (exact) mass is 267 g/mol. The van der Waals surface area contributed by atoms with E-state index >= 15 is 0 Å². The van der Waals surface area contributed by atoms with Gasteiger partial charge in [0.05, 0.1) is 11.3 Å². The SMILES string of the molecule is Cc1nc2c(c(C)c1O)C(=Cc1cccnc1)C(=O)N2. The van der Waals surface area contributed by atoms with Gasteiger partial charge in [0, 0.05) is 23.5 Å². The molecule has 0 bridgehead atoms. The summed E-state index contributed by atoms with van der Waals surface area (Å²) in [5.41, 5.74) is 3.13. The van der Waals surface area contributed by atoms with E-state index in [4.69, 9.17) is 0 Å². The lowest BCUT2D eigenvalue weighted by Crippen LogP contribution is -2.04. The first-order valence-electron chi connectivity index (χ1n) is 6.21. The molecule has 0 atom stereocenters. The van der Waals surface area contributed by atoms with E-state index in [1.54, 1.807) is 38.4 Å². The number of nitrogens with zero attached hydrogens (tertiary/aromatic N) is 2. The van der Waals surface area contributed by atoms with E-state index in [1.807, 2.05) is 6.07 Å². The van der Waals surface area contributed by atoms with Crippen molar-refractivity contribution in [3.05, 3.63) is 46.9 Å². The topological polar surface area (TPSA) is 75.1 Å². The molecular weight excluding hydrogens is 254 g/mol. The van der Waals surface area contributed by atoms with Crippen LogP contribution in [0, 0.1) is 13.8 Å². The minimum Gasteiger partial charge on any atom is -0.506 e. The third kappa shape index (κ3) is 1.84. The zero-order valence-electron chi connectivity index (χ0n) is 11.1. The Bertz CT molecular complexity index is 737. The van der Waals surface area contributed by atoms with Crippen LogP contribution in [0.25, 0.3) is 11.6 Å². The fraction of sp³-hybridized carbons (Fsp3) is 0.133. The summed E-state index contributed by atoms with van der Waals surface area (Å²) in [5.74, 6) is 0.403. The first kappa shape index (κ1) is 12.3. The Morgan fingerprint density at radius 1 is 1.35 bits per heavy atom. The summed E-state index contributed by atoms with van der Waals surface area (Å²) < 4.78 is 0. The Morgan fingerprint density at radius 2 is 2.15 bits per heavy atom. The van der Waals surface area contributed by atoms with Gasteiger partial charge in [-0.2, -0.15) is 0 Å². The average molecular weight is 267 g/mol. The Morgan fingerprint density at radius 3 is 2.85 bits per heavy atom. The van der Waals surface area contributed by atoms with Crippen LogP contribution in [0.5, 0.6) is 5.75 Å². The van der Waals surface area contributed by atoms with Crippen LogP contribution >= 0.6 is 0 Å². The molecule has 5 heteroatoms. The number of aromatic nitrogens is 2. The van der Waals surface area contributed by atoms with E-state index in [9.17, 15) is 9.90 Å². The molecule has 2 aromatic rings. The summed E-state index contributed by atoms with van der Waals surface area (Å²) in [6.07, 6.45) is 5.10. The lowest BCUT2D eigenvalue weighted by molar-refractivity contribution is -0.110. The quantitative estimate of drug-likeness (QED) is 0.777. The van der Waals surface area contributed by atoms with Crippen molar-refractivity contribution < 1.29 is 9.90 Å². The predicted molar refractivity (Wildman–Crippen MR) is 76.1 cm³/mol. The number of nitrogens with one attached hydrogen (secondary N) is 1. The van der Waals surface area contributed by atoms with Gasteiger partial charge in [-0.25, -0.2) is 4.98 Å². The summed E-state index contributed by atoms with van der Waals surface area (Å²) >= 11 is 0. The van der Waals surface area contributed by atoms with Gasteiger partial charge in [-0.05, 0) is 31.6 Å². The number of hydrogen-bond donors (Lipinski definition) is 2. The number of carbonyl (C=O) groups is 1. The van der Waals surface area contributed by atoms with Crippen molar-refractivity contribution in [2.45, 2.75) is 13.8 Å². The maximum atomic E-state index is 12.1. The minimum absolute atomic E-state index is 0.123. The molecule has 0 unspecified atom stereocenters. The molecule has 1 aliphatic rings. The van der Waals surface area contributed by atoms with Crippen molar-refractivity contribution in [3.8, 4) is 5.75 Å². The fourth-order valence-corrected chi connectivity index (χ4v) is 2.32. The van der Waals surface area contributed by atoms with E-state index < -0.39 is 0 Å². The molecule has 0 saturated carbocycles. The van der Waals surface area contributed by atoms with Crippen molar-refractivity contribution in [1.82, 2.24) is 9.97 Å². The van der Waals surface area contributed by atoms with Gasteiger partial charge < -0.3 is 10.4 Å². The molecule has 2 N–H and O–H groups in total. The van der Waals surface area contributed by atoms with Gasteiger partial charge in [0.2, 0.25) is 0 Å². The molecule has 0 spiro atoms. The first-order chi connectivity index (χ1) is 9.58. The Labute approximate surface area is 116 Å². The number of carbonyl (C=O) groups excluding carboxylic acids is 1. The highest BCUT2D eigenvalue weighted by atomic mass is 16.3. The average Bonchev–Trinajstić information content (AvgIpc) is 2.74. The third-order valence-corrected chi connectivity index (χ3v) is 3.33. The molecule has 100 valence electrons. The van der Waals surface area contributed by atoms with Crippen LogP contribution in [0.2, 0.25) is 0 Å². The van der Waals surface area contributed by atoms with Crippen LogP contribution in [-0.2, 0) is 4.79 Å². The second-order valence-corrected chi connectivity index (χ2v) is 4.69. The Kier molecular flexibility index (Phi) is 2.75. The molecule has 3 rings (SSSR count). The van der Waals surface area contributed by atoms with E-state index in [-0.39, 0.29) is 11.7 Å². The summed E-state index contributed by atoms with van der Waals surface area (Å²) in [7, 11) is 0. The molecule has 0 aliphatic carbocycles. The lowest BCUT2D eigenvalue weighted by atomic mass is 10.0. The van der Waals surface area contributed by atoms with Crippen LogP contribution in [0.3, 0.4) is 0 Å². The van der Waals surface area contributed by atoms with E-state index in [1.165, 1.54) is 0 Å². The van der Waals surface area contributed by atoms with Crippen molar-refractivity contribution in [2.75, 3.05) is 5.32 Å². The molecule has 1 amide bonds. The molecule has 0 radical (unpaired) electrons. The highest BCUT2D eigenvalue weighted by Crippen LogP contribution is 2.38. The van der Waals surface area contributed by atoms with Gasteiger partial charge in [-0.15, -0.1) is 0 Å². The van der Waals surface area contributed by atoms with E-state index in [0.717, 1.165) is 5.56 Å². The summed E-state index contributed by atoms with van der Waals surface area (Å²) in [6, 6.07) is 3.67. The first-order valence-corrected chi connectivity index (χ1v) is 6.21. The number of fused-ring (bicyclic) bond motifs is 1. The lowest BCUT2D eigenvalue weighted by Gasteiger charge is -2.08. The molecule has 1 aliphatic heterocycles. The fourth-order valence-electron chi connectivity index (χ4n) is 2.32. The molecular formula is C15H13N3O2. The van der Waals surface area contributed by atoms with Gasteiger partial charge in [0.25, 0.3) is 5.91 Å². The number of aromatic hydroxyl groups is 1. The van der Waals surface area contributed by atoms with E-state index in [0.29, 0.717) is 28.2 Å². The largest absolute Gasteiger partial charge is 0.506 e. The van der Waals surface area contributed by atoms with Crippen LogP contribution in [-0.4, -0.2) is 21.0 Å². The van der Waals surface area contributed by atoms with Crippen LogP contribution in [0.1, 0.15) is 22.4 Å². The van der Waals surface area contributed by atoms with Crippen molar-refractivity contribution >= 4 is 23.4 Å². The summed E-state index contributed by atoms with van der Waals surface area (Å²) in [6.45, 7) is 3.48. The van der Waals surface area contributed by atoms with Crippen molar-refractivity contribution in [3.63, 3.8) is 0 Å². The molecule has 0 fully saturated rings. The van der Waals surface area contributed by atoms with Crippen LogP contribution < -0.4 is 5.32 Å². The zero-order chi connectivity index (χ0) is 14.3. The van der Waals surface area contributed by atoms with Gasteiger partial charge in [-0.1, -0.05) is 6.07 Å². The number of hydrogen-bond acceptors (Lipinski definition) is 4. The zero-order valence-corrected chi connectivity index (χ0v) is 11.1. The Balaban J connectivity index is 2.20. The number of pyridine rings is 2. The molecule has 0 aromatic carbocycles. The maximum absolute atomic E-state index is 12.1. The van der Waals surface area contributed by atoms with Gasteiger partial charge >= 0.3 is 0 Å². The number of rotatable bonds is 1. The third-order valence-electron chi connectivity index (χ3n) is 3.33. The van der Waals surface area contributed by atoms with E-state index in [2.05, 4.69) is 15.3 Å². The molecule has 0 saturated heterocycles. The second-order valence-electron chi connectivity index (χ2n) is 4.69. The van der Waals surface area contributed by atoms with Crippen LogP contribution in [0.4, 0.5) is 5.82 Å². The molecule has 3 heterocycles. The Hall–Kier alpha value is -2.69. The smallest absolute Gasteiger partial charge is 0.257 e. The van der Waals surface area contributed by atoms with Gasteiger partial charge in [0.15, 0.2) is 0 Å². The number of anilines is 1. The van der Waals surface area contributed by atoms with Crippen molar-refractivity contribution in [2.24, 2.45) is 0 Å². The highest BCUT2D eigenvalue weighted by molar-refractivity contribution is 6.34. The predicted octanol–water partition coefficient (Wildman–Crippen LogP) is 2.29. The summed E-state index contributed by atoms with van der Waals surface area (Å²) in [5, 5.41) is 12.7. The number of amides is 1. The molecule has 20 heavy (non-hydrogen) atoms. The maximum Gasteiger partial charge on any atom is 0.257 e. The van der Waals surface area contributed by atoms with Gasteiger partial charge in [0.1, 0.15) is 11.6 Å². The minimum atomic E-state index is -0.218.